The zero-order valence-electron chi connectivity index (χ0n) is 29.4. The summed E-state index contributed by atoms with van der Waals surface area (Å²) < 4.78 is 13.2. The van der Waals surface area contributed by atoms with E-state index in [9.17, 15) is 9.59 Å². The second-order valence-electron chi connectivity index (χ2n) is 14.4. The summed E-state index contributed by atoms with van der Waals surface area (Å²) in [6.07, 6.45) is 8.50. The molecule has 13 heteroatoms. The lowest BCUT2D eigenvalue weighted by molar-refractivity contribution is -0.132. The highest BCUT2D eigenvalue weighted by Gasteiger charge is 2.51. The SMILES string of the molecule is COc1nc(-c2n[nH]c3ccc(N4CC[C@]5(CCN(CC(=O)N6CC=C(c7ccc(-c8ncn(C)n8)cc7)CC6)C5)C4=O)cc23)ccc1OC1CC1. The molecule has 0 bridgehead atoms. The Morgan fingerprint density at radius 2 is 1.85 bits per heavy atom. The first-order chi connectivity index (χ1) is 25.4. The van der Waals surface area contributed by atoms with Gasteiger partial charge in [0, 0.05) is 49.9 Å². The lowest BCUT2D eigenvalue weighted by Crippen LogP contribution is -2.43. The summed E-state index contributed by atoms with van der Waals surface area (Å²) in [6.45, 7) is 3.56. The average Bonchev–Trinajstić information content (AvgIpc) is 3.45. The van der Waals surface area contributed by atoms with E-state index in [0.717, 1.165) is 66.4 Å². The Balaban J connectivity index is 0.835. The molecule has 0 unspecified atom stereocenters. The van der Waals surface area contributed by atoms with Crippen LogP contribution in [0.5, 0.6) is 11.6 Å². The maximum atomic E-state index is 14.1. The molecule has 5 aromatic rings. The lowest BCUT2D eigenvalue weighted by Gasteiger charge is -2.29. The van der Waals surface area contributed by atoms with Crippen LogP contribution in [-0.2, 0) is 16.6 Å². The third-order valence-corrected chi connectivity index (χ3v) is 10.9. The van der Waals surface area contributed by atoms with E-state index in [1.54, 1.807) is 18.1 Å². The molecule has 1 N–H and O–H groups in total. The van der Waals surface area contributed by atoms with Crippen molar-refractivity contribution in [3.63, 3.8) is 0 Å². The zero-order chi connectivity index (χ0) is 35.4. The number of fused-ring (bicyclic) bond motifs is 1. The number of pyridine rings is 1. The molecule has 3 aliphatic heterocycles. The molecule has 13 nitrogen and oxygen atoms in total. The van der Waals surface area contributed by atoms with Gasteiger partial charge in [-0.3, -0.25) is 24.3 Å². The summed E-state index contributed by atoms with van der Waals surface area (Å²) in [6, 6.07) is 18.0. The lowest BCUT2D eigenvalue weighted by atomic mass is 9.85. The van der Waals surface area contributed by atoms with Crippen molar-refractivity contribution in [2.24, 2.45) is 12.5 Å². The topological polar surface area (TPSA) is 135 Å². The molecule has 1 atom stereocenters. The quantitative estimate of drug-likeness (QED) is 0.232. The van der Waals surface area contributed by atoms with E-state index < -0.39 is 5.41 Å². The molecule has 2 amide bonds. The number of carbonyl (C=O) groups excluding carboxylic acids is 2. The molecule has 1 aliphatic carbocycles. The highest BCUT2D eigenvalue weighted by Crippen LogP contribution is 2.43. The number of anilines is 1. The number of hydrogen-bond acceptors (Lipinski definition) is 9. The third kappa shape index (κ3) is 5.98. The minimum absolute atomic E-state index is 0.113. The van der Waals surface area contributed by atoms with Gasteiger partial charge in [-0.25, -0.2) is 9.97 Å². The van der Waals surface area contributed by atoms with E-state index in [4.69, 9.17) is 14.5 Å². The normalized spacial score (nSPS) is 20.7. The number of nitrogens with one attached hydrogen (secondary N) is 1. The van der Waals surface area contributed by atoms with Gasteiger partial charge in [0.2, 0.25) is 11.8 Å². The van der Waals surface area contributed by atoms with Crippen LogP contribution < -0.4 is 14.4 Å². The van der Waals surface area contributed by atoms with Crippen LogP contribution in [-0.4, -0.2) is 104 Å². The number of hydrogen-bond donors (Lipinski definition) is 1. The molecule has 3 fully saturated rings. The minimum atomic E-state index is -0.479. The number of amides is 2. The number of aromatic amines is 1. The van der Waals surface area contributed by atoms with Gasteiger partial charge in [-0.2, -0.15) is 10.2 Å². The van der Waals surface area contributed by atoms with Gasteiger partial charge in [0.05, 0.1) is 36.4 Å². The van der Waals surface area contributed by atoms with Crippen LogP contribution in [0.4, 0.5) is 5.69 Å². The predicted octanol–water partition coefficient (Wildman–Crippen LogP) is 4.71. The third-order valence-electron chi connectivity index (χ3n) is 10.9. The van der Waals surface area contributed by atoms with Crippen molar-refractivity contribution in [3.8, 4) is 34.4 Å². The van der Waals surface area contributed by atoms with E-state index in [-0.39, 0.29) is 17.9 Å². The standard InChI is InChI=1S/C39H41N9O4/c1-45-24-40-36(44-45)27-5-3-25(4-6-27)26-13-17-47(18-14-26)34(49)22-46-19-15-39(23-46)16-20-48(38(39)50)28-7-10-31-30(21-28)35(43-42-31)32-11-12-33(37(41-32)51-2)52-29-8-9-29/h3-7,10-13,21,24,29H,8-9,14-20,22-23H2,1-2H3,(H,42,43)/t39-/m0/s1. The van der Waals surface area contributed by atoms with Crippen LogP contribution in [0.2, 0.25) is 0 Å². The molecule has 0 radical (unpaired) electrons. The predicted molar refractivity (Wildman–Crippen MR) is 196 cm³/mol. The Labute approximate surface area is 301 Å². The Bertz CT molecular complexity index is 2200. The monoisotopic (exact) mass is 699 g/mol. The fraction of sp³-hybridized carbons (Fsp3) is 0.385. The number of aromatic nitrogens is 6. The molecule has 1 spiro atoms. The molecule has 9 rings (SSSR count). The number of rotatable bonds is 9. The zero-order valence-corrected chi connectivity index (χ0v) is 29.4. The number of aryl methyl sites for hydroxylation is 1. The van der Waals surface area contributed by atoms with E-state index in [2.05, 4.69) is 43.4 Å². The molecule has 3 aromatic heterocycles. The Kier molecular flexibility index (Phi) is 8.02. The van der Waals surface area contributed by atoms with Gasteiger partial charge >= 0.3 is 0 Å². The number of H-pyrrole nitrogens is 1. The van der Waals surface area contributed by atoms with Gasteiger partial charge in [0.25, 0.3) is 5.88 Å². The fourth-order valence-electron chi connectivity index (χ4n) is 7.82. The van der Waals surface area contributed by atoms with Gasteiger partial charge in [-0.1, -0.05) is 30.3 Å². The molecule has 266 valence electrons. The second kappa shape index (κ2) is 12.9. The van der Waals surface area contributed by atoms with Gasteiger partial charge in [-0.05, 0) is 80.1 Å². The first-order valence-electron chi connectivity index (χ1n) is 18.0. The number of ether oxygens (including phenoxy) is 2. The first-order valence-corrected chi connectivity index (χ1v) is 18.0. The van der Waals surface area contributed by atoms with Crippen LogP contribution in [0.25, 0.3) is 39.3 Å². The number of nitrogens with zero attached hydrogens (tertiary/aromatic N) is 8. The van der Waals surface area contributed by atoms with E-state index >= 15 is 0 Å². The Morgan fingerprint density at radius 3 is 2.60 bits per heavy atom. The molecule has 1 saturated carbocycles. The second-order valence-corrected chi connectivity index (χ2v) is 14.4. The largest absolute Gasteiger partial charge is 0.485 e. The van der Waals surface area contributed by atoms with Crippen molar-refractivity contribution in [3.05, 3.63) is 72.6 Å². The van der Waals surface area contributed by atoms with Crippen LogP contribution in [0, 0.1) is 5.41 Å². The summed E-state index contributed by atoms with van der Waals surface area (Å²) in [7, 11) is 3.45. The fourth-order valence-corrected chi connectivity index (χ4v) is 7.82. The van der Waals surface area contributed by atoms with E-state index in [0.29, 0.717) is 61.6 Å². The molecule has 4 aliphatic rings. The van der Waals surface area contributed by atoms with Crippen LogP contribution in [0.15, 0.2) is 67.0 Å². The van der Waals surface area contributed by atoms with Crippen molar-refractivity contribution in [1.82, 2.24) is 39.7 Å². The van der Waals surface area contributed by atoms with E-state index in [1.165, 1.54) is 5.57 Å². The summed E-state index contributed by atoms with van der Waals surface area (Å²) in [5.74, 6) is 2.01. The summed E-state index contributed by atoms with van der Waals surface area (Å²) in [5.41, 5.74) is 5.96. The first kappa shape index (κ1) is 32.4. The molecular weight excluding hydrogens is 658 g/mol. The van der Waals surface area contributed by atoms with Crippen molar-refractivity contribution in [2.75, 3.05) is 51.3 Å². The van der Waals surface area contributed by atoms with Crippen molar-refractivity contribution in [1.29, 1.82) is 0 Å². The average molecular weight is 700 g/mol. The van der Waals surface area contributed by atoms with Crippen LogP contribution in [0.1, 0.15) is 37.7 Å². The van der Waals surface area contributed by atoms with Crippen molar-refractivity contribution in [2.45, 2.75) is 38.2 Å². The van der Waals surface area contributed by atoms with Crippen LogP contribution >= 0.6 is 0 Å². The molecular formula is C39H41N9O4. The highest BCUT2D eigenvalue weighted by atomic mass is 16.5. The molecule has 52 heavy (non-hydrogen) atoms. The summed E-state index contributed by atoms with van der Waals surface area (Å²) in [4.78, 5) is 42.6. The number of carbonyl (C=O) groups is 2. The van der Waals surface area contributed by atoms with Crippen molar-refractivity contribution < 1.29 is 19.1 Å². The molecule has 2 aromatic carbocycles. The smallest absolute Gasteiger partial charge is 0.257 e. The van der Waals surface area contributed by atoms with Crippen LogP contribution in [0.3, 0.4) is 0 Å². The van der Waals surface area contributed by atoms with Gasteiger partial charge in [-0.15, -0.1) is 0 Å². The summed E-state index contributed by atoms with van der Waals surface area (Å²) >= 11 is 0. The minimum Gasteiger partial charge on any atom is -0.485 e. The Morgan fingerprint density at radius 1 is 1.02 bits per heavy atom. The van der Waals surface area contributed by atoms with Crippen molar-refractivity contribution >= 4 is 34.0 Å². The number of likely N-dealkylation sites (tertiary alicyclic amines) is 1. The molecule has 2 saturated heterocycles. The maximum absolute atomic E-state index is 14.1. The van der Waals surface area contributed by atoms with Gasteiger partial charge < -0.3 is 19.3 Å². The number of methoxy groups -OCH3 is 1. The van der Waals surface area contributed by atoms with Gasteiger partial charge in [0.15, 0.2) is 11.6 Å². The number of benzene rings is 2. The maximum Gasteiger partial charge on any atom is 0.257 e. The summed E-state index contributed by atoms with van der Waals surface area (Å²) in [5, 5.41) is 13.0. The van der Waals surface area contributed by atoms with Gasteiger partial charge in [0.1, 0.15) is 12.0 Å². The molecule has 6 heterocycles. The highest BCUT2D eigenvalue weighted by molar-refractivity contribution is 6.03. The van der Waals surface area contributed by atoms with E-state index in [1.807, 2.05) is 59.3 Å². The Hall–Kier alpha value is -5.56.